The highest BCUT2D eigenvalue weighted by molar-refractivity contribution is 6.30. The van der Waals surface area contributed by atoms with Gasteiger partial charge in [0.05, 0.1) is 25.0 Å². The maximum atomic E-state index is 12.6. The minimum absolute atomic E-state index is 0.0423. The highest BCUT2D eigenvalue weighted by Crippen LogP contribution is 2.43. The van der Waals surface area contributed by atoms with Gasteiger partial charge in [0.25, 0.3) is 0 Å². The maximum Gasteiger partial charge on any atom is 0.312 e. The molecule has 0 aromatic heterocycles. The number of benzene rings is 1. The first kappa shape index (κ1) is 19.7. The average Bonchev–Trinajstić information content (AvgIpc) is 2.97. The van der Waals surface area contributed by atoms with E-state index in [1.807, 2.05) is 23.1 Å². The fraction of sp³-hybridized carbons (Fsp3) is 0.619. The number of carbonyl (C=O) groups is 2. The summed E-state index contributed by atoms with van der Waals surface area (Å²) in [5, 5.41) is 0.642. The van der Waals surface area contributed by atoms with Crippen molar-refractivity contribution in [3.63, 3.8) is 0 Å². The number of hydrogen-bond donors (Lipinski definition) is 0. The maximum absolute atomic E-state index is 12.6. The molecule has 4 rings (SSSR count). The Kier molecular flexibility index (Phi) is 5.90. The van der Waals surface area contributed by atoms with Gasteiger partial charge in [-0.25, -0.2) is 0 Å². The lowest BCUT2D eigenvalue weighted by atomic mass is 9.76. The van der Waals surface area contributed by atoms with Crippen LogP contribution >= 0.6 is 11.6 Å². The van der Waals surface area contributed by atoms with E-state index in [9.17, 15) is 9.59 Å². The molecular formula is C21H27ClN2O4. The quantitative estimate of drug-likeness (QED) is 0.717. The molecule has 1 unspecified atom stereocenters. The monoisotopic (exact) mass is 406 g/mol. The first-order valence-corrected chi connectivity index (χ1v) is 10.5. The van der Waals surface area contributed by atoms with Gasteiger partial charge in [-0.3, -0.25) is 14.5 Å². The van der Waals surface area contributed by atoms with Gasteiger partial charge in [0.2, 0.25) is 5.91 Å². The topological polar surface area (TPSA) is 59.1 Å². The van der Waals surface area contributed by atoms with Crippen molar-refractivity contribution in [2.45, 2.75) is 31.8 Å². The predicted octanol–water partition coefficient (Wildman–Crippen LogP) is 2.14. The fourth-order valence-corrected chi connectivity index (χ4v) is 4.75. The normalized spacial score (nSPS) is 25.1. The SMILES string of the molecule is O=C(Cc1cccc(Cl)c1)N1CCC2(CC1)CC(CN1CCOCC1)OC2=O. The van der Waals surface area contributed by atoms with E-state index in [2.05, 4.69) is 4.90 Å². The van der Waals surface area contributed by atoms with E-state index >= 15 is 0 Å². The van der Waals surface area contributed by atoms with Gasteiger partial charge in [0.15, 0.2) is 0 Å². The summed E-state index contributed by atoms with van der Waals surface area (Å²) < 4.78 is 11.1. The third-order valence-corrected chi connectivity index (χ3v) is 6.44. The molecule has 0 radical (unpaired) electrons. The van der Waals surface area contributed by atoms with Crippen LogP contribution in [0.3, 0.4) is 0 Å². The van der Waals surface area contributed by atoms with Crippen molar-refractivity contribution in [3.8, 4) is 0 Å². The molecule has 3 fully saturated rings. The van der Waals surface area contributed by atoms with Crippen molar-refractivity contribution in [2.24, 2.45) is 5.41 Å². The molecule has 28 heavy (non-hydrogen) atoms. The van der Waals surface area contributed by atoms with E-state index in [0.29, 0.717) is 37.4 Å². The summed E-state index contributed by atoms with van der Waals surface area (Å²) in [4.78, 5) is 29.4. The largest absolute Gasteiger partial charge is 0.461 e. The van der Waals surface area contributed by atoms with Crippen LogP contribution in [0.4, 0.5) is 0 Å². The van der Waals surface area contributed by atoms with Crippen molar-refractivity contribution in [1.29, 1.82) is 0 Å². The molecule has 3 heterocycles. The van der Waals surface area contributed by atoms with E-state index in [0.717, 1.165) is 44.8 Å². The van der Waals surface area contributed by atoms with Gasteiger partial charge in [-0.1, -0.05) is 23.7 Å². The Morgan fingerprint density at radius 3 is 2.64 bits per heavy atom. The summed E-state index contributed by atoms with van der Waals surface area (Å²) in [6.45, 7) is 5.29. The summed E-state index contributed by atoms with van der Waals surface area (Å²) >= 11 is 6.01. The van der Waals surface area contributed by atoms with Crippen LogP contribution in [0.2, 0.25) is 5.02 Å². The van der Waals surface area contributed by atoms with Crippen LogP contribution < -0.4 is 0 Å². The van der Waals surface area contributed by atoms with Gasteiger partial charge < -0.3 is 14.4 Å². The van der Waals surface area contributed by atoms with E-state index in [1.54, 1.807) is 6.07 Å². The van der Waals surface area contributed by atoms with Crippen molar-refractivity contribution < 1.29 is 19.1 Å². The van der Waals surface area contributed by atoms with Crippen LogP contribution in [0.15, 0.2) is 24.3 Å². The molecule has 1 aromatic carbocycles. The number of morpholine rings is 1. The van der Waals surface area contributed by atoms with Crippen LogP contribution in [-0.2, 0) is 25.5 Å². The molecule has 3 aliphatic heterocycles. The molecule has 1 amide bonds. The van der Waals surface area contributed by atoms with E-state index in [4.69, 9.17) is 21.1 Å². The molecule has 0 bridgehead atoms. The molecule has 1 spiro atoms. The highest BCUT2D eigenvalue weighted by Gasteiger charge is 2.51. The van der Waals surface area contributed by atoms with Crippen LogP contribution in [-0.4, -0.2) is 73.7 Å². The second-order valence-corrected chi connectivity index (χ2v) is 8.55. The van der Waals surface area contributed by atoms with Crippen LogP contribution in [0.25, 0.3) is 0 Å². The summed E-state index contributed by atoms with van der Waals surface area (Å²) in [5.74, 6) is 0.0149. The molecule has 3 saturated heterocycles. The van der Waals surface area contributed by atoms with Gasteiger partial charge in [0.1, 0.15) is 6.10 Å². The van der Waals surface area contributed by atoms with Crippen molar-refractivity contribution >= 4 is 23.5 Å². The zero-order chi connectivity index (χ0) is 19.6. The minimum atomic E-state index is -0.413. The Labute approximate surface area is 170 Å². The van der Waals surface area contributed by atoms with Crippen molar-refractivity contribution in [2.75, 3.05) is 45.9 Å². The molecule has 152 valence electrons. The molecule has 3 aliphatic rings. The molecule has 0 aliphatic carbocycles. The van der Waals surface area contributed by atoms with Gasteiger partial charge in [-0.2, -0.15) is 0 Å². The molecule has 1 aromatic rings. The molecule has 6 nitrogen and oxygen atoms in total. The Morgan fingerprint density at radius 1 is 1.18 bits per heavy atom. The van der Waals surface area contributed by atoms with Gasteiger partial charge in [0, 0.05) is 44.2 Å². The average molecular weight is 407 g/mol. The minimum Gasteiger partial charge on any atom is -0.461 e. The first-order valence-electron chi connectivity index (χ1n) is 10.1. The fourth-order valence-electron chi connectivity index (χ4n) is 4.54. The number of amides is 1. The third kappa shape index (κ3) is 4.34. The van der Waals surface area contributed by atoms with Gasteiger partial charge >= 0.3 is 5.97 Å². The lowest BCUT2D eigenvalue weighted by Crippen LogP contribution is -2.45. The molecule has 7 heteroatoms. The number of rotatable bonds is 4. The summed E-state index contributed by atoms with van der Waals surface area (Å²) in [6, 6.07) is 7.41. The van der Waals surface area contributed by atoms with Crippen LogP contribution in [0, 0.1) is 5.41 Å². The number of carbonyl (C=O) groups excluding carboxylic acids is 2. The zero-order valence-corrected chi connectivity index (χ0v) is 16.8. The second kappa shape index (κ2) is 8.39. The zero-order valence-electron chi connectivity index (χ0n) is 16.1. The number of halogens is 1. The lowest BCUT2D eigenvalue weighted by Gasteiger charge is -2.36. The van der Waals surface area contributed by atoms with Gasteiger partial charge in [-0.05, 0) is 30.5 Å². The van der Waals surface area contributed by atoms with E-state index in [-0.39, 0.29) is 18.0 Å². The second-order valence-electron chi connectivity index (χ2n) is 8.11. The Bertz CT molecular complexity index is 727. The third-order valence-electron chi connectivity index (χ3n) is 6.21. The van der Waals surface area contributed by atoms with E-state index < -0.39 is 5.41 Å². The number of esters is 1. The summed E-state index contributed by atoms with van der Waals surface area (Å²) in [7, 11) is 0. The van der Waals surface area contributed by atoms with Crippen LogP contribution in [0.1, 0.15) is 24.8 Å². The number of cyclic esters (lactones) is 1. The van der Waals surface area contributed by atoms with Gasteiger partial charge in [-0.15, -0.1) is 0 Å². The Hall–Kier alpha value is -1.63. The summed E-state index contributed by atoms with van der Waals surface area (Å²) in [5.41, 5.74) is 0.507. The molecular weight excluding hydrogens is 380 g/mol. The van der Waals surface area contributed by atoms with E-state index in [1.165, 1.54) is 0 Å². The van der Waals surface area contributed by atoms with Crippen molar-refractivity contribution in [3.05, 3.63) is 34.9 Å². The molecule has 0 N–H and O–H groups in total. The Morgan fingerprint density at radius 2 is 1.93 bits per heavy atom. The highest BCUT2D eigenvalue weighted by atomic mass is 35.5. The molecule has 1 atom stereocenters. The number of likely N-dealkylation sites (tertiary alicyclic amines) is 1. The number of nitrogens with zero attached hydrogens (tertiary/aromatic N) is 2. The molecule has 0 saturated carbocycles. The smallest absolute Gasteiger partial charge is 0.312 e. The number of piperidine rings is 1. The lowest BCUT2D eigenvalue weighted by molar-refractivity contribution is -0.153. The van der Waals surface area contributed by atoms with Crippen molar-refractivity contribution in [1.82, 2.24) is 9.80 Å². The predicted molar refractivity (Wildman–Crippen MR) is 105 cm³/mol. The summed E-state index contributed by atoms with van der Waals surface area (Å²) in [6.07, 6.45) is 2.44. The van der Waals surface area contributed by atoms with Crippen LogP contribution in [0.5, 0.6) is 0 Å². The number of hydrogen-bond acceptors (Lipinski definition) is 5. The number of ether oxygens (including phenoxy) is 2. The first-order chi connectivity index (χ1) is 13.5. The standard InChI is InChI=1S/C21H27ClN2O4/c22-17-3-1-2-16(12-17)13-19(25)24-6-4-21(5-7-24)14-18(28-20(21)26)15-23-8-10-27-11-9-23/h1-3,12,18H,4-11,13-15H2. The Balaban J connectivity index is 1.30.